The summed E-state index contributed by atoms with van der Waals surface area (Å²) in [6.45, 7) is 6.05. The van der Waals surface area contributed by atoms with E-state index in [2.05, 4.69) is 29.1 Å². The maximum absolute atomic E-state index is 5.58. The zero-order valence-electron chi connectivity index (χ0n) is 10.9. The Morgan fingerprint density at radius 3 is 2.82 bits per heavy atom. The molecule has 1 aromatic heterocycles. The van der Waals surface area contributed by atoms with Crippen molar-refractivity contribution in [3.63, 3.8) is 0 Å². The van der Waals surface area contributed by atoms with Gasteiger partial charge in [-0.25, -0.2) is 9.97 Å². The fraction of sp³-hybridized carbons (Fsp3) is 0.692. The molecule has 0 spiro atoms. The van der Waals surface area contributed by atoms with Crippen LogP contribution in [0.3, 0.4) is 0 Å². The molecule has 0 amide bonds. The molecule has 0 radical (unpaired) electrons. The van der Waals surface area contributed by atoms with Crippen LogP contribution in [0.15, 0.2) is 12.4 Å². The van der Waals surface area contributed by atoms with E-state index in [9.17, 15) is 0 Å². The molecule has 0 aliphatic heterocycles. The summed E-state index contributed by atoms with van der Waals surface area (Å²) in [7, 11) is 0. The maximum atomic E-state index is 5.58. The number of nitrogens with zero attached hydrogens (tertiary/aromatic N) is 2. The van der Waals surface area contributed by atoms with Crippen LogP contribution in [0.5, 0.6) is 0 Å². The van der Waals surface area contributed by atoms with Crippen molar-refractivity contribution in [1.29, 1.82) is 0 Å². The van der Waals surface area contributed by atoms with Gasteiger partial charge < -0.3 is 11.1 Å². The van der Waals surface area contributed by atoms with Crippen LogP contribution in [0.2, 0.25) is 0 Å². The van der Waals surface area contributed by atoms with Crippen LogP contribution in [-0.2, 0) is 6.42 Å². The summed E-state index contributed by atoms with van der Waals surface area (Å²) in [5.74, 6) is 1.56. The van der Waals surface area contributed by atoms with E-state index in [1.54, 1.807) is 6.33 Å². The monoisotopic (exact) mass is 236 g/mol. The topological polar surface area (TPSA) is 63.8 Å². The van der Waals surface area contributed by atoms with Gasteiger partial charge in [0.1, 0.15) is 12.1 Å². The predicted molar refractivity (Wildman–Crippen MR) is 72.0 cm³/mol. The van der Waals surface area contributed by atoms with Gasteiger partial charge in [-0.1, -0.05) is 26.7 Å². The van der Waals surface area contributed by atoms with Gasteiger partial charge in [-0.15, -0.1) is 0 Å². The Morgan fingerprint density at radius 2 is 2.18 bits per heavy atom. The first-order valence-electron chi connectivity index (χ1n) is 6.55. The molecule has 1 rings (SSSR count). The fourth-order valence-electron chi connectivity index (χ4n) is 1.82. The molecule has 4 nitrogen and oxygen atoms in total. The molecule has 1 atom stereocenters. The van der Waals surface area contributed by atoms with Crippen LogP contribution in [0.4, 0.5) is 5.82 Å². The lowest BCUT2D eigenvalue weighted by molar-refractivity contribution is 0.501. The number of nitrogens with one attached hydrogen (secondary N) is 1. The highest BCUT2D eigenvalue weighted by atomic mass is 15.0. The second kappa shape index (κ2) is 8.01. The second-order valence-corrected chi connectivity index (χ2v) is 4.38. The van der Waals surface area contributed by atoms with E-state index in [0.29, 0.717) is 5.92 Å². The molecule has 0 aliphatic carbocycles. The van der Waals surface area contributed by atoms with Crippen molar-refractivity contribution in [3.8, 4) is 0 Å². The Morgan fingerprint density at radius 1 is 1.35 bits per heavy atom. The largest absolute Gasteiger partial charge is 0.370 e. The molecular formula is C13H24N4. The molecule has 1 unspecified atom stereocenters. The molecule has 1 heterocycles. The van der Waals surface area contributed by atoms with Crippen LogP contribution in [0.1, 0.15) is 38.8 Å². The van der Waals surface area contributed by atoms with Gasteiger partial charge in [0.2, 0.25) is 0 Å². The smallest absolute Gasteiger partial charge is 0.129 e. The van der Waals surface area contributed by atoms with Crippen molar-refractivity contribution in [2.24, 2.45) is 11.7 Å². The molecule has 0 saturated heterocycles. The van der Waals surface area contributed by atoms with Crippen molar-refractivity contribution < 1.29 is 0 Å². The number of aryl methyl sites for hydroxylation is 1. The summed E-state index contributed by atoms with van der Waals surface area (Å²) in [6, 6.07) is 2.04. The zero-order valence-corrected chi connectivity index (χ0v) is 10.9. The van der Waals surface area contributed by atoms with Gasteiger partial charge in [-0.3, -0.25) is 0 Å². The minimum Gasteiger partial charge on any atom is -0.370 e. The van der Waals surface area contributed by atoms with Crippen molar-refractivity contribution in [3.05, 3.63) is 18.1 Å². The van der Waals surface area contributed by atoms with E-state index in [4.69, 9.17) is 5.73 Å². The van der Waals surface area contributed by atoms with Gasteiger partial charge in [-0.2, -0.15) is 0 Å². The lowest BCUT2D eigenvalue weighted by Crippen LogP contribution is -2.18. The summed E-state index contributed by atoms with van der Waals surface area (Å²) in [6.07, 6.45) is 5.98. The molecule has 3 N–H and O–H groups in total. The second-order valence-electron chi connectivity index (χ2n) is 4.38. The standard InChI is InChI=1S/C13H24N4/c1-3-5-12-8-13(17-10-16-12)15-9-11(4-2)6-7-14/h8,10-11H,3-7,9,14H2,1-2H3,(H,15,16,17). The molecule has 0 fully saturated rings. The Bertz CT molecular complexity index is 314. The molecule has 96 valence electrons. The SMILES string of the molecule is CCCc1cc(NCC(CC)CCN)ncn1. The highest BCUT2D eigenvalue weighted by Gasteiger charge is 2.05. The van der Waals surface area contributed by atoms with Gasteiger partial charge in [0.25, 0.3) is 0 Å². The highest BCUT2D eigenvalue weighted by Crippen LogP contribution is 2.10. The Balaban J connectivity index is 2.47. The zero-order chi connectivity index (χ0) is 12.5. The van der Waals surface area contributed by atoms with E-state index in [1.807, 2.05) is 6.07 Å². The molecule has 0 bridgehead atoms. The first-order valence-corrected chi connectivity index (χ1v) is 6.55. The maximum Gasteiger partial charge on any atom is 0.129 e. The molecule has 0 aliphatic rings. The molecule has 1 aromatic rings. The Hall–Kier alpha value is -1.16. The van der Waals surface area contributed by atoms with Crippen molar-refractivity contribution in [1.82, 2.24) is 9.97 Å². The van der Waals surface area contributed by atoms with Gasteiger partial charge >= 0.3 is 0 Å². The van der Waals surface area contributed by atoms with Gasteiger partial charge in [0, 0.05) is 18.3 Å². The quantitative estimate of drug-likeness (QED) is 0.726. The van der Waals surface area contributed by atoms with E-state index in [-0.39, 0.29) is 0 Å². The third-order valence-corrected chi connectivity index (χ3v) is 2.95. The van der Waals surface area contributed by atoms with E-state index in [1.165, 1.54) is 0 Å². The number of rotatable bonds is 8. The summed E-state index contributed by atoms with van der Waals surface area (Å²) >= 11 is 0. The first kappa shape index (κ1) is 13.9. The average Bonchev–Trinajstić information content (AvgIpc) is 2.35. The molecule has 4 heteroatoms. The number of hydrogen-bond donors (Lipinski definition) is 2. The van der Waals surface area contributed by atoms with Crippen LogP contribution >= 0.6 is 0 Å². The highest BCUT2D eigenvalue weighted by molar-refractivity contribution is 5.34. The van der Waals surface area contributed by atoms with Crippen molar-refractivity contribution in [2.75, 3.05) is 18.4 Å². The number of aromatic nitrogens is 2. The molecular weight excluding hydrogens is 212 g/mol. The minimum atomic E-state index is 0.629. The normalized spacial score (nSPS) is 12.4. The van der Waals surface area contributed by atoms with Gasteiger partial charge in [0.15, 0.2) is 0 Å². The predicted octanol–water partition coefficient (Wildman–Crippen LogP) is 2.22. The van der Waals surface area contributed by atoms with Crippen molar-refractivity contribution in [2.45, 2.75) is 39.5 Å². The van der Waals surface area contributed by atoms with Gasteiger partial charge in [-0.05, 0) is 25.3 Å². The third-order valence-electron chi connectivity index (χ3n) is 2.95. The van der Waals surface area contributed by atoms with Crippen LogP contribution < -0.4 is 11.1 Å². The van der Waals surface area contributed by atoms with Crippen molar-refractivity contribution >= 4 is 5.82 Å². The average molecular weight is 236 g/mol. The van der Waals surface area contributed by atoms with Crippen LogP contribution in [0, 0.1) is 5.92 Å². The summed E-state index contributed by atoms with van der Waals surface area (Å²) in [5.41, 5.74) is 6.69. The number of anilines is 1. The third kappa shape index (κ3) is 5.13. The van der Waals surface area contributed by atoms with E-state index >= 15 is 0 Å². The minimum absolute atomic E-state index is 0.629. The van der Waals surface area contributed by atoms with E-state index in [0.717, 1.165) is 50.3 Å². The Labute approximate surface area is 104 Å². The van der Waals surface area contributed by atoms with Gasteiger partial charge in [0.05, 0.1) is 0 Å². The number of nitrogens with two attached hydrogens (primary N) is 1. The number of hydrogen-bond acceptors (Lipinski definition) is 4. The summed E-state index contributed by atoms with van der Waals surface area (Å²) in [4.78, 5) is 8.48. The molecule has 0 aromatic carbocycles. The molecule has 0 saturated carbocycles. The fourth-order valence-corrected chi connectivity index (χ4v) is 1.82. The lowest BCUT2D eigenvalue weighted by atomic mass is 10.0. The summed E-state index contributed by atoms with van der Waals surface area (Å²) in [5, 5.41) is 3.37. The lowest BCUT2D eigenvalue weighted by Gasteiger charge is -2.15. The summed E-state index contributed by atoms with van der Waals surface area (Å²) < 4.78 is 0. The Kier molecular flexibility index (Phi) is 6.55. The van der Waals surface area contributed by atoms with Crippen LogP contribution in [-0.4, -0.2) is 23.1 Å². The van der Waals surface area contributed by atoms with E-state index < -0.39 is 0 Å². The molecule has 17 heavy (non-hydrogen) atoms. The van der Waals surface area contributed by atoms with Crippen LogP contribution in [0.25, 0.3) is 0 Å². The first-order chi connectivity index (χ1) is 8.30.